The van der Waals surface area contributed by atoms with Crippen molar-refractivity contribution in [1.82, 2.24) is 39.6 Å². The number of carbonyl (C=O) groups is 2. The van der Waals surface area contributed by atoms with Crippen molar-refractivity contribution in [2.45, 2.75) is 57.5 Å². The first kappa shape index (κ1) is 46.2. The topological polar surface area (TPSA) is 149 Å². The molecule has 3 fully saturated rings. The van der Waals surface area contributed by atoms with Gasteiger partial charge < -0.3 is 47.9 Å². The third-order valence-corrected chi connectivity index (χ3v) is 12.9. The van der Waals surface area contributed by atoms with Gasteiger partial charge in [-0.1, -0.05) is 0 Å². The van der Waals surface area contributed by atoms with Crippen LogP contribution in [0.25, 0.3) is 21.1 Å². The van der Waals surface area contributed by atoms with Gasteiger partial charge in [0.1, 0.15) is 36.9 Å². The molecule has 0 unspecified atom stereocenters. The third-order valence-electron chi connectivity index (χ3n) is 12.0. The quantitative estimate of drug-likeness (QED) is 0.103. The van der Waals surface area contributed by atoms with E-state index in [0.717, 1.165) is 59.8 Å². The summed E-state index contributed by atoms with van der Waals surface area (Å²) in [6.07, 6.45) is 6.63. The van der Waals surface area contributed by atoms with E-state index in [2.05, 4.69) is 44.2 Å². The second kappa shape index (κ2) is 21.8. The average molecular weight is 919 g/mol. The number of likely N-dealkylation sites (tertiary alicyclic amines) is 1. The Hall–Kier alpha value is -5.36. The number of aromatic nitrogens is 3. The van der Waals surface area contributed by atoms with Gasteiger partial charge in [0, 0.05) is 88.7 Å². The maximum absolute atomic E-state index is 13.9. The molecule has 3 atom stereocenters. The van der Waals surface area contributed by atoms with Crippen molar-refractivity contribution in [2.24, 2.45) is 7.05 Å². The van der Waals surface area contributed by atoms with Crippen molar-refractivity contribution in [3.05, 3.63) is 71.1 Å². The second-order valence-electron chi connectivity index (χ2n) is 16.7. The van der Waals surface area contributed by atoms with Gasteiger partial charge in [0.05, 0.1) is 61.3 Å². The number of hydrogen-bond donors (Lipinski definition) is 1. The number of halogens is 2. The van der Waals surface area contributed by atoms with Crippen LogP contribution in [0.5, 0.6) is 11.6 Å². The standard InChI is InChI=1S/C46H56F2N8O8S/c1-31-27-55(30-44(57)56-13-12-54(28-32(56)2)46(58)41-23-33-22-37(47)38(48)25-40(33)52(41)3)34(26-50-31)7-14-59-15-16-60-17-18-61-19-20-62-43-24-36(64-51-43)29-53-10-5-35(6-11-53)63-42-4-9-49-39-8-21-65-45(39)42/h4,8-9,21-25,31-32,34-35,50H,5-6,10-13,15-20,26-30H2,1-3H3/t31-,32-,34+/m1/s1. The van der Waals surface area contributed by atoms with E-state index >= 15 is 0 Å². The van der Waals surface area contributed by atoms with E-state index in [1.165, 1.54) is 0 Å². The van der Waals surface area contributed by atoms with Crippen molar-refractivity contribution in [3.8, 4) is 23.7 Å². The zero-order chi connectivity index (χ0) is 45.3. The van der Waals surface area contributed by atoms with Crippen LogP contribution in [-0.2, 0) is 32.6 Å². The average Bonchev–Trinajstić information content (AvgIpc) is 4.05. The monoisotopic (exact) mass is 918 g/mol. The van der Waals surface area contributed by atoms with E-state index in [1.54, 1.807) is 45.0 Å². The van der Waals surface area contributed by atoms with Crippen LogP contribution in [0.2, 0.25) is 0 Å². The highest BCUT2D eigenvalue weighted by molar-refractivity contribution is 7.17. The van der Waals surface area contributed by atoms with E-state index in [4.69, 9.17) is 28.2 Å². The molecule has 0 bridgehead atoms. The minimum Gasteiger partial charge on any atom is -0.489 e. The zero-order valence-corrected chi connectivity index (χ0v) is 37.8. The lowest BCUT2D eigenvalue weighted by atomic mass is 10.1. The molecular weight excluding hydrogens is 863 g/mol. The van der Waals surface area contributed by atoms with Crippen molar-refractivity contribution in [2.75, 3.05) is 92.0 Å². The highest BCUT2D eigenvalue weighted by atomic mass is 32.1. The second-order valence-corrected chi connectivity index (χ2v) is 17.6. The predicted molar refractivity (Wildman–Crippen MR) is 239 cm³/mol. The van der Waals surface area contributed by atoms with E-state index in [1.807, 2.05) is 30.5 Å². The minimum atomic E-state index is -0.966. The van der Waals surface area contributed by atoms with Gasteiger partial charge in [0.25, 0.3) is 11.8 Å². The lowest BCUT2D eigenvalue weighted by Gasteiger charge is -2.42. The maximum Gasteiger partial charge on any atom is 0.270 e. The molecule has 16 nitrogen and oxygen atoms in total. The molecule has 1 aromatic carbocycles. The van der Waals surface area contributed by atoms with Crippen molar-refractivity contribution in [3.63, 3.8) is 0 Å². The number of piperazine rings is 2. The van der Waals surface area contributed by atoms with Gasteiger partial charge in [-0.05, 0) is 67.4 Å². The molecular formula is C46H56F2N8O8S. The SMILES string of the molecule is C[C@@H]1CN(CC(=O)N2CCN(C(=O)c3cc4cc(F)c(F)cc4n3C)C[C@H]2C)[C@@H](C#COCCOCCOCCOc2cc(CN3CCC(Oc4ccnc5ccsc45)CC3)on2)CN1. The highest BCUT2D eigenvalue weighted by Crippen LogP contribution is 2.31. The molecule has 8 rings (SSSR count). The van der Waals surface area contributed by atoms with Gasteiger partial charge in [-0.15, -0.1) is 11.3 Å². The molecule has 348 valence electrons. The Labute approximate surface area is 380 Å². The van der Waals surface area contributed by atoms with E-state index < -0.39 is 11.6 Å². The van der Waals surface area contributed by atoms with Crippen molar-refractivity contribution < 1.29 is 46.6 Å². The van der Waals surface area contributed by atoms with Crippen molar-refractivity contribution >= 4 is 44.3 Å². The van der Waals surface area contributed by atoms with E-state index in [0.29, 0.717) is 94.8 Å². The van der Waals surface area contributed by atoms with Crippen LogP contribution in [-0.4, -0.2) is 162 Å². The summed E-state index contributed by atoms with van der Waals surface area (Å²) in [7, 11) is 1.66. The first-order valence-electron chi connectivity index (χ1n) is 22.2. The molecule has 3 aliphatic heterocycles. The van der Waals surface area contributed by atoms with Gasteiger partial charge >= 0.3 is 0 Å². The first-order valence-corrected chi connectivity index (χ1v) is 23.1. The molecule has 7 heterocycles. The molecule has 0 radical (unpaired) electrons. The molecule has 4 aromatic heterocycles. The lowest BCUT2D eigenvalue weighted by Crippen LogP contribution is -2.60. The molecule has 3 aliphatic rings. The van der Waals surface area contributed by atoms with Crippen LogP contribution in [0, 0.1) is 23.7 Å². The van der Waals surface area contributed by atoms with Crippen LogP contribution in [0.15, 0.2) is 52.5 Å². The molecule has 2 amide bonds. The Morgan fingerprint density at radius 1 is 0.954 bits per heavy atom. The number of nitrogens with one attached hydrogen (secondary N) is 1. The molecule has 0 saturated carbocycles. The number of carbonyl (C=O) groups excluding carboxylic acids is 2. The summed E-state index contributed by atoms with van der Waals surface area (Å²) in [5.74, 6) is 3.03. The third kappa shape index (κ3) is 11.7. The van der Waals surface area contributed by atoms with Crippen LogP contribution in [0.4, 0.5) is 8.78 Å². The summed E-state index contributed by atoms with van der Waals surface area (Å²) in [6, 6.07) is 9.28. The fourth-order valence-electron chi connectivity index (χ4n) is 8.53. The molecule has 1 N–H and O–H groups in total. The molecule has 19 heteroatoms. The fourth-order valence-corrected chi connectivity index (χ4v) is 9.34. The molecule has 0 aliphatic carbocycles. The number of nitrogens with zero attached hydrogens (tertiary/aromatic N) is 7. The van der Waals surface area contributed by atoms with Crippen molar-refractivity contribution in [1.29, 1.82) is 0 Å². The summed E-state index contributed by atoms with van der Waals surface area (Å²) in [6.45, 7) is 11.0. The van der Waals surface area contributed by atoms with Gasteiger partial charge in [-0.2, -0.15) is 0 Å². The van der Waals surface area contributed by atoms with E-state index in [9.17, 15) is 18.4 Å². The Balaban J connectivity index is 0.669. The molecule has 0 spiro atoms. The normalized spacial score (nSPS) is 20.0. The number of thiophene rings is 1. The van der Waals surface area contributed by atoms with Crippen LogP contribution < -0.4 is 14.8 Å². The summed E-state index contributed by atoms with van der Waals surface area (Å²) >= 11 is 1.66. The molecule has 3 saturated heterocycles. The maximum atomic E-state index is 13.9. The Morgan fingerprint density at radius 2 is 1.74 bits per heavy atom. The predicted octanol–water partition coefficient (Wildman–Crippen LogP) is 4.52. The number of piperidine rings is 1. The smallest absolute Gasteiger partial charge is 0.270 e. The minimum absolute atomic E-state index is 0.0388. The number of fused-ring (bicyclic) bond motifs is 2. The highest BCUT2D eigenvalue weighted by Gasteiger charge is 2.34. The van der Waals surface area contributed by atoms with Gasteiger partial charge in [-0.3, -0.25) is 24.4 Å². The first-order chi connectivity index (χ1) is 31.6. The number of hydrogen-bond acceptors (Lipinski definition) is 14. The van der Waals surface area contributed by atoms with E-state index in [-0.39, 0.29) is 49.2 Å². The Kier molecular flexibility index (Phi) is 15.5. The Bertz CT molecular complexity index is 2460. The van der Waals surface area contributed by atoms with Crippen LogP contribution in [0.1, 0.15) is 42.9 Å². The molecule has 65 heavy (non-hydrogen) atoms. The number of ether oxygens (including phenoxy) is 5. The lowest BCUT2D eigenvalue weighted by molar-refractivity contribution is -0.137. The number of pyridine rings is 1. The summed E-state index contributed by atoms with van der Waals surface area (Å²) in [5, 5.41) is 9.97. The summed E-state index contributed by atoms with van der Waals surface area (Å²) < 4.78 is 64.8. The molecule has 5 aromatic rings. The van der Waals surface area contributed by atoms with Crippen LogP contribution in [0.3, 0.4) is 0 Å². The van der Waals surface area contributed by atoms with Crippen LogP contribution >= 0.6 is 11.3 Å². The van der Waals surface area contributed by atoms with Gasteiger partial charge in [0.15, 0.2) is 17.4 Å². The largest absolute Gasteiger partial charge is 0.489 e. The Morgan fingerprint density at radius 3 is 2.55 bits per heavy atom. The number of rotatable bonds is 17. The van der Waals surface area contributed by atoms with Gasteiger partial charge in [-0.25, -0.2) is 8.78 Å². The fraction of sp³-hybridized carbons (Fsp3) is 0.522. The number of aryl methyl sites for hydroxylation is 1. The number of amides is 2. The number of benzene rings is 1. The van der Waals surface area contributed by atoms with Gasteiger partial charge in [0.2, 0.25) is 5.91 Å². The summed E-state index contributed by atoms with van der Waals surface area (Å²) in [4.78, 5) is 39.4. The summed E-state index contributed by atoms with van der Waals surface area (Å²) in [5.41, 5.74) is 1.74. The zero-order valence-electron chi connectivity index (χ0n) is 37.0.